The molecule has 0 saturated carbocycles. The molecule has 0 heterocycles. The molecule has 0 aliphatic heterocycles. The van der Waals surface area contributed by atoms with Crippen LogP contribution >= 0.6 is 0 Å². The SMILES string of the molecule is CNC(C)(C)C(=O)Nc1cc([N+](=O)[O-])c(C)cc1C. The number of hydrogen-bond acceptors (Lipinski definition) is 4. The predicted octanol–water partition coefficient (Wildman–Crippen LogP) is 2.15. The number of nitrogens with one attached hydrogen (secondary N) is 2. The van der Waals surface area contributed by atoms with Crippen molar-refractivity contribution in [2.75, 3.05) is 12.4 Å². The van der Waals surface area contributed by atoms with E-state index in [1.807, 2.05) is 0 Å². The van der Waals surface area contributed by atoms with E-state index in [4.69, 9.17) is 0 Å². The summed E-state index contributed by atoms with van der Waals surface area (Å²) < 4.78 is 0. The third kappa shape index (κ3) is 3.29. The molecule has 6 nitrogen and oxygen atoms in total. The van der Waals surface area contributed by atoms with Gasteiger partial charge in [-0.15, -0.1) is 0 Å². The lowest BCUT2D eigenvalue weighted by Crippen LogP contribution is -2.48. The van der Waals surface area contributed by atoms with E-state index in [1.165, 1.54) is 6.07 Å². The van der Waals surface area contributed by atoms with Crippen molar-refractivity contribution in [1.29, 1.82) is 0 Å². The van der Waals surface area contributed by atoms with Crippen molar-refractivity contribution in [2.24, 2.45) is 0 Å². The Bertz CT molecular complexity index is 524. The van der Waals surface area contributed by atoms with Crippen LogP contribution in [0, 0.1) is 24.0 Å². The monoisotopic (exact) mass is 265 g/mol. The van der Waals surface area contributed by atoms with E-state index in [9.17, 15) is 14.9 Å². The smallest absolute Gasteiger partial charge is 0.274 e. The molecule has 0 aromatic heterocycles. The van der Waals surface area contributed by atoms with Crippen LogP contribution in [0.5, 0.6) is 0 Å². The largest absolute Gasteiger partial charge is 0.324 e. The minimum Gasteiger partial charge on any atom is -0.324 e. The lowest BCUT2D eigenvalue weighted by molar-refractivity contribution is -0.385. The first-order valence-corrected chi connectivity index (χ1v) is 5.95. The standard InChI is InChI=1S/C13H19N3O3/c1-8-6-9(2)11(16(18)19)7-10(8)15-12(17)13(3,4)14-5/h6-7,14H,1-5H3,(H,15,17). The van der Waals surface area contributed by atoms with Crippen LogP contribution in [0.4, 0.5) is 11.4 Å². The first-order valence-electron chi connectivity index (χ1n) is 5.95. The number of aryl methyl sites for hydroxylation is 2. The van der Waals surface area contributed by atoms with Gasteiger partial charge in [0.05, 0.1) is 16.1 Å². The minimum atomic E-state index is -0.744. The van der Waals surface area contributed by atoms with E-state index in [0.29, 0.717) is 11.3 Å². The van der Waals surface area contributed by atoms with Gasteiger partial charge in [-0.1, -0.05) is 0 Å². The summed E-state index contributed by atoms with van der Waals surface area (Å²) in [6, 6.07) is 3.09. The highest BCUT2D eigenvalue weighted by Crippen LogP contribution is 2.26. The van der Waals surface area contributed by atoms with Crippen LogP contribution in [-0.4, -0.2) is 23.4 Å². The molecule has 1 aromatic carbocycles. The summed E-state index contributed by atoms with van der Waals surface area (Å²) in [7, 11) is 1.68. The van der Waals surface area contributed by atoms with Gasteiger partial charge in [-0.2, -0.15) is 0 Å². The van der Waals surface area contributed by atoms with Crippen LogP contribution in [0.1, 0.15) is 25.0 Å². The van der Waals surface area contributed by atoms with Crippen molar-refractivity contribution in [3.8, 4) is 0 Å². The number of anilines is 1. The number of rotatable bonds is 4. The number of nitro benzene ring substituents is 1. The lowest BCUT2D eigenvalue weighted by atomic mass is 10.0. The molecule has 1 amide bonds. The molecule has 1 aromatic rings. The van der Waals surface area contributed by atoms with Crippen LogP contribution in [0.25, 0.3) is 0 Å². The zero-order chi connectivity index (χ0) is 14.8. The van der Waals surface area contributed by atoms with E-state index in [1.54, 1.807) is 40.8 Å². The van der Waals surface area contributed by atoms with E-state index >= 15 is 0 Å². The molecule has 2 N–H and O–H groups in total. The normalized spacial score (nSPS) is 11.2. The summed E-state index contributed by atoms with van der Waals surface area (Å²) in [4.78, 5) is 22.5. The Hall–Kier alpha value is -1.95. The van der Waals surface area contributed by atoms with Crippen molar-refractivity contribution < 1.29 is 9.72 Å². The highest BCUT2D eigenvalue weighted by Gasteiger charge is 2.26. The van der Waals surface area contributed by atoms with Gasteiger partial charge in [0.25, 0.3) is 5.69 Å². The molecule has 1 rings (SSSR count). The Morgan fingerprint density at radius 1 is 1.26 bits per heavy atom. The fraction of sp³-hybridized carbons (Fsp3) is 0.462. The zero-order valence-electron chi connectivity index (χ0n) is 11.8. The molecule has 0 spiro atoms. The first kappa shape index (κ1) is 15.1. The van der Waals surface area contributed by atoms with Crippen LogP contribution in [0.15, 0.2) is 12.1 Å². The topological polar surface area (TPSA) is 84.3 Å². The second kappa shape index (κ2) is 5.36. The number of hydrogen-bond donors (Lipinski definition) is 2. The maximum Gasteiger partial charge on any atom is 0.274 e. The molecule has 0 bridgehead atoms. The van der Waals surface area contributed by atoms with Gasteiger partial charge in [0, 0.05) is 11.6 Å². The third-order valence-electron chi connectivity index (χ3n) is 3.18. The van der Waals surface area contributed by atoms with Crippen LogP contribution in [0.3, 0.4) is 0 Å². The van der Waals surface area contributed by atoms with Gasteiger partial charge in [0.2, 0.25) is 5.91 Å². The van der Waals surface area contributed by atoms with Gasteiger partial charge in [-0.3, -0.25) is 14.9 Å². The van der Waals surface area contributed by atoms with Crippen molar-refractivity contribution in [3.63, 3.8) is 0 Å². The Morgan fingerprint density at radius 3 is 2.32 bits per heavy atom. The predicted molar refractivity (Wildman–Crippen MR) is 74.3 cm³/mol. The van der Waals surface area contributed by atoms with Gasteiger partial charge in [0.15, 0.2) is 0 Å². The van der Waals surface area contributed by atoms with E-state index in [-0.39, 0.29) is 11.6 Å². The highest BCUT2D eigenvalue weighted by atomic mass is 16.6. The Morgan fingerprint density at radius 2 is 1.84 bits per heavy atom. The third-order valence-corrected chi connectivity index (χ3v) is 3.18. The maximum atomic E-state index is 12.0. The Kier molecular flexibility index (Phi) is 4.26. The molecular weight excluding hydrogens is 246 g/mol. The fourth-order valence-corrected chi connectivity index (χ4v) is 1.56. The summed E-state index contributed by atoms with van der Waals surface area (Å²) in [6.45, 7) is 6.95. The van der Waals surface area contributed by atoms with Crippen molar-refractivity contribution in [2.45, 2.75) is 33.2 Å². The summed E-state index contributed by atoms with van der Waals surface area (Å²) in [5, 5.41) is 16.5. The van der Waals surface area contributed by atoms with Crippen molar-refractivity contribution in [3.05, 3.63) is 33.4 Å². The Balaban J connectivity index is 3.12. The second-order valence-electron chi connectivity index (χ2n) is 5.04. The molecule has 19 heavy (non-hydrogen) atoms. The van der Waals surface area contributed by atoms with Crippen LogP contribution in [-0.2, 0) is 4.79 Å². The average molecular weight is 265 g/mol. The molecule has 6 heteroatoms. The van der Waals surface area contributed by atoms with Crippen molar-refractivity contribution in [1.82, 2.24) is 5.32 Å². The number of carbonyl (C=O) groups is 1. The van der Waals surface area contributed by atoms with E-state index < -0.39 is 10.5 Å². The molecule has 0 saturated heterocycles. The van der Waals surface area contributed by atoms with E-state index in [2.05, 4.69) is 10.6 Å². The zero-order valence-corrected chi connectivity index (χ0v) is 11.8. The van der Waals surface area contributed by atoms with Crippen molar-refractivity contribution >= 4 is 17.3 Å². The number of nitro groups is 1. The Labute approximate surface area is 112 Å². The molecule has 0 aliphatic carbocycles. The summed E-state index contributed by atoms with van der Waals surface area (Å²) in [5.41, 5.74) is 1.09. The average Bonchev–Trinajstić information content (AvgIpc) is 2.31. The molecule has 0 radical (unpaired) electrons. The first-order chi connectivity index (χ1) is 8.69. The van der Waals surface area contributed by atoms with Gasteiger partial charge in [-0.05, 0) is 46.4 Å². The summed E-state index contributed by atoms with van der Waals surface area (Å²) >= 11 is 0. The number of carbonyl (C=O) groups excluding carboxylic acids is 1. The molecule has 104 valence electrons. The van der Waals surface area contributed by atoms with Gasteiger partial charge in [-0.25, -0.2) is 0 Å². The molecule has 0 fully saturated rings. The van der Waals surface area contributed by atoms with Gasteiger partial charge < -0.3 is 10.6 Å². The minimum absolute atomic E-state index is 0.00293. The molecular formula is C13H19N3O3. The lowest BCUT2D eigenvalue weighted by Gasteiger charge is -2.23. The number of likely N-dealkylation sites (N-methyl/N-ethyl adjacent to an activating group) is 1. The van der Waals surface area contributed by atoms with E-state index in [0.717, 1.165) is 5.56 Å². The highest BCUT2D eigenvalue weighted by molar-refractivity contribution is 5.98. The maximum absolute atomic E-state index is 12.0. The number of amides is 1. The fourth-order valence-electron chi connectivity index (χ4n) is 1.56. The molecule has 0 aliphatic rings. The quantitative estimate of drug-likeness (QED) is 0.645. The van der Waals surface area contributed by atoms with Gasteiger partial charge in [0.1, 0.15) is 0 Å². The van der Waals surface area contributed by atoms with Crippen LogP contribution in [0.2, 0.25) is 0 Å². The summed E-state index contributed by atoms with van der Waals surface area (Å²) in [6.07, 6.45) is 0. The summed E-state index contributed by atoms with van der Waals surface area (Å²) in [5.74, 6) is -0.240. The molecule has 0 atom stereocenters. The second-order valence-corrected chi connectivity index (χ2v) is 5.04. The molecule has 0 unspecified atom stereocenters. The number of nitrogens with zero attached hydrogens (tertiary/aromatic N) is 1. The number of benzene rings is 1. The van der Waals surface area contributed by atoms with Gasteiger partial charge >= 0.3 is 0 Å². The van der Waals surface area contributed by atoms with Crippen LogP contribution < -0.4 is 10.6 Å².